The van der Waals surface area contributed by atoms with E-state index in [4.69, 9.17) is 5.11 Å². The van der Waals surface area contributed by atoms with Crippen LogP contribution in [0.25, 0.3) is 0 Å². The van der Waals surface area contributed by atoms with Gasteiger partial charge in [0.2, 0.25) is 0 Å². The Morgan fingerprint density at radius 1 is 1.69 bits per heavy atom. The molecule has 1 heterocycles. The molecule has 0 aromatic carbocycles. The van der Waals surface area contributed by atoms with E-state index in [2.05, 4.69) is 10.3 Å². The standard InChI is InChI=1S/C8H9F3N2O2S/c1-4(2-8(9,10)11)12-7-13-5(3-16-7)6(14)15/h3-4H,2H2,1H3,(H,12,13)(H,14,15). The maximum absolute atomic E-state index is 12.0. The third kappa shape index (κ3) is 4.05. The van der Waals surface area contributed by atoms with Gasteiger partial charge in [0, 0.05) is 11.4 Å². The molecular formula is C8H9F3N2O2S. The first-order chi connectivity index (χ1) is 7.28. The van der Waals surface area contributed by atoms with Crippen LogP contribution in [0.1, 0.15) is 23.8 Å². The zero-order valence-corrected chi connectivity index (χ0v) is 9.02. The molecule has 2 N–H and O–H groups in total. The highest BCUT2D eigenvalue weighted by molar-refractivity contribution is 7.13. The molecule has 0 aliphatic rings. The molecule has 1 atom stereocenters. The molecule has 4 nitrogen and oxygen atoms in total. The third-order valence-electron chi connectivity index (χ3n) is 1.63. The van der Waals surface area contributed by atoms with Gasteiger partial charge in [-0.05, 0) is 6.92 Å². The Kier molecular flexibility index (Phi) is 3.74. The first kappa shape index (κ1) is 12.8. The second kappa shape index (κ2) is 4.69. The van der Waals surface area contributed by atoms with Crippen molar-refractivity contribution in [3.63, 3.8) is 0 Å². The van der Waals surface area contributed by atoms with Gasteiger partial charge in [0.15, 0.2) is 10.8 Å². The van der Waals surface area contributed by atoms with E-state index in [0.29, 0.717) is 0 Å². The van der Waals surface area contributed by atoms with Crippen LogP contribution in [-0.4, -0.2) is 28.3 Å². The van der Waals surface area contributed by atoms with Gasteiger partial charge in [0.1, 0.15) is 0 Å². The SMILES string of the molecule is CC(CC(F)(F)F)Nc1nc(C(=O)O)cs1. The number of aromatic carboxylic acids is 1. The summed E-state index contributed by atoms with van der Waals surface area (Å²) in [6.07, 6.45) is -5.24. The summed E-state index contributed by atoms with van der Waals surface area (Å²) in [6, 6.07) is -0.840. The zero-order chi connectivity index (χ0) is 12.3. The van der Waals surface area contributed by atoms with Crippen LogP contribution in [0.5, 0.6) is 0 Å². The lowest BCUT2D eigenvalue weighted by atomic mass is 10.2. The highest BCUT2D eigenvalue weighted by atomic mass is 32.1. The molecule has 0 saturated heterocycles. The molecule has 0 radical (unpaired) electrons. The molecule has 0 aliphatic carbocycles. The average Bonchev–Trinajstić information content (AvgIpc) is 2.48. The molecule has 0 saturated carbocycles. The van der Waals surface area contributed by atoms with Crippen LogP contribution in [0.3, 0.4) is 0 Å². The minimum Gasteiger partial charge on any atom is -0.476 e. The monoisotopic (exact) mass is 254 g/mol. The highest BCUT2D eigenvalue weighted by Crippen LogP contribution is 2.24. The van der Waals surface area contributed by atoms with Gasteiger partial charge in [-0.1, -0.05) is 0 Å². The number of carboxylic acid groups (broad SMARTS) is 1. The Morgan fingerprint density at radius 2 is 2.31 bits per heavy atom. The molecule has 8 heteroatoms. The average molecular weight is 254 g/mol. The Morgan fingerprint density at radius 3 is 2.75 bits per heavy atom. The van der Waals surface area contributed by atoms with Crippen LogP contribution in [0.15, 0.2) is 5.38 Å². The van der Waals surface area contributed by atoms with Crippen LogP contribution in [-0.2, 0) is 0 Å². The van der Waals surface area contributed by atoms with E-state index >= 15 is 0 Å². The summed E-state index contributed by atoms with van der Waals surface area (Å²) in [7, 11) is 0. The summed E-state index contributed by atoms with van der Waals surface area (Å²) >= 11 is 0.962. The van der Waals surface area contributed by atoms with Crippen molar-refractivity contribution in [2.75, 3.05) is 5.32 Å². The fourth-order valence-corrected chi connectivity index (χ4v) is 1.84. The number of aromatic nitrogens is 1. The summed E-state index contributed by atoms with van der Waals surface area (Å²) in [5.74, 6) is -1.20. The maximum atomic E-state index is 12.0. The predicted octanol–water partition coefficient (Wildman–Crippen LogP) is 2.59. The van der Waals surface area contributed by atoms with E-state index in [1.807, 2.05) is 0 Å². The first-order valence-corrected chi connectivity index (χ1v) is 5.18. The quantitative estimate of drug-likeness (QED) is 0.866. The molecule has 0 amide bonds. The number of thiazole rings is 1. The van der Waals surface area contributed by atoms with Crippen molar-refractivity contribution in [1.82, 2.24) is 4.98 Å². The smallest absolute Gasteiger partial charge is 0.391 e. The lowest BCUT2D eigenvalue weighted by molar-refractivity contribution is -0.136. The van der Waals surface area contributed by atoms with Crippen LogP contribution in [0.2, 0.25) is 0 Å². The largest absolute Gasteiger partial charge is 0.476 e. The molecule has 0 bridgehead atoms. The van der Waals surface area contributed by atoms with Gasteiger partial charge in [-0.3, -0.25) is 0 Å². The van der Waals surface area contributed by atoms with E-state index in [0.717, 1.165) is 11.3 Å². The van der Waals surface area contributed by atoms with Crippen molar-refractivity contribution in [3.05, 3.63) is 11.1 Å². The van der Waals surface area contributed by atoms with Gasteiger partial charge in [-0.15, -0.1) is 11.3 Å². The van der Waals surface area contributed by atoms with Gasteiger partial charge in [0.05, 0.1) is 6.42 Å². The molecule has 90 valence electrons. The number of hydrogen-bond acceptors (Lipinski definition) is 4. The normalized spacial score (nSPS) is 13.5. The Bertz CT molecular complexity index is 378. The fourth-order valence-electron chi connectivity index (χ4n) is 1.05. The fraction of sp³-hybridized carbons (Fsp3) is 0.500. The molecule has 0 aliphatic heterocycles. The Hall–Kier alpha value is -1.31. The van der Waals surface area contributed by atoms with Crippen molar-refractivity contribution in [2.45, 2.75) is 25.6 Å². The van der Waals surface area contributed by atoms with E-state index < -0.39 is 24.6 Å². The lowest BCUT2D eigenvalue weighted by Crippen LogP contribution is -2.23. The van der Waals surface area contributed by atoms with Crippen LogP contribution >= 0.6 is 11.3 Å². The number of halogens is 3. The molecule has 16 heavy (non-hydrogen) atoms. The van der Waals surface area contributed by atoms with E-state index in [1.165, 1.54) is 12.3 Å². The maximum Gasteiger partial charge on any atom is 0.391 e. The number of hydrogen-bond donors (Lipinski definition) is 2. The van der Waals surface area contributed by atoms with Gasteiger partial charge in [-0.25, -0.2) is 9.78 Å². The zero-order valence-electron chi connectivity index (χ0n) is 8.21. The van der Waals surface area contributed by atoms with Crippen LogP contribution in [0.4, 0.5) is 18.3 Å². The molecular weight excluding hydrogens is 245 g/mol. The summed E-state index contributed by atoms with van der Waals surface area (Å²) in [5, 5.41) is 12.5. The molecule has 1 unspecified atom stereocenters. The minimum atomic E-state index is -4.25. The molecule has 1 aromatic heterocycles. The number of alkyl halides is 3. The van der Waals surface area contributed by atoms with Crippen LogP contribution < -0.4 is 5.32 Å². The van der Waals surface area contributed by atoms with Gasteiger partial charge >= 0.3 is 12.1 Å². The summed E-state index contributed by atoms with van der Waals surface area (Å²) in [4.78, 5) is 14.1. The van der Waals surface area contributed by atoms with Gasteiger partial charge in [-0.2, -0.15) is 13.2 Å². The number of anilines is 1. The first-order valence-electron chi connectivity index (χ1n) is 4.30. The highest BCUT2D eigenvalue weighted by Gasteiger charge is 2.30. The van der Waals surface area contributed by atoms with Gasteiger partial charge < -0.3 is 10.4 Å². The van der Waals surface area contributed by atoms with Crippen molar-refractivity contribution in [2.24, 2.45) is 0 Å². The van der Waals surface area contributed by atoms with Gasteiger partial charge in [0.25, 0.3) is 0 Å². The number of nitrogens with zero attached hydrogens (tertiary/aromatic N) is 1. The van der Waals surface area contributed by atoms with Crippen molar-refractivity contribution >= 4 is 22.4 Å². The lowest BCUT2D eigenvalue weighted by Gasteiger charge is -2.14. The summed E-state index contributed by atoms with van der Waals surface area (Å²) < 4.78 is 36.0. The number of nitrogens with one attached hydrogen (secondary N) is 1. The molecule has 1 aromatic rings. The van der Waals surface area contributed by atoms with E-state index in [1.54, 1.807) is 0 Å². The molecule has 0 spiro atoms. The van der Waals surface area contributed by atoms with Crippen molar-refractivity contribution in [1.29, 1.82) is 0 Å². The van der Waals surface area contributed by atoms with Crippen molar-refractivity contribution < 1.29 is 23.1 Å². The molecule has 0 fully saturated rings. The number of rotatable bonds is 4. The number of carboxylic acids is 1. The Balaban J connectivity index is 2.56. The predicted molar refractivity (Wildman–Crippen MR) is 52.8 cm³/mol. The van der Waals surface area contributed by atoms with E-state index in [-0.39, 0.29) is 10.8 Å². The summed E-state index contributed by atoms with van der Waals surface area (Å²) in [6.45, 7) is 1.36. The summed E-state index contributed by atoms with van der Waals surface area (Å²) in [5.41, 5.74) is -0.174. The van der Waals surface area contributed by atoms with E-state index in [9.17, 15) is 18.0 Å². The second-order valence-electron chi connectivity index (χ2n) is 3.21. The number of carbonyl (C=O) groups is 1. The van der Waals surface area contributed by atoms with Crippen LogP contribution in [0, 0.1) is 0 Å². The minimum absolute atomic E-state index is 0.174. The third-order valence-corrected chi connectivity index (χ3v) is 2.40. The molecule has 1 rings (SSSR count). The van der Waals surface area contributed by atoms with Crippen molar-refractivity contribution in [3.8, 4) is 0 Å². The Labute approximate surface area is 93.1 Å². The topological polar surface area (TPSA) is 62.2 Å². The second-order valence-corrected chi connectivity index (χ2v) is 4.07.